The van der Waals surface area contributed by atoms with E-state index in [0.29, 0.717) is 5.69 Å². The van der Waals surface area contributed by atoms with Crippen LogP contribution in [-0.4, -0.2) is 20.3 Å². The van der Waals surface area contributed by atoms with E-state index in [0.717, 1.165) is 22.4 Å². The number of hydrogen-bond donors (Lipinski definition) is 2. The zero-order valence-electron chi connectivity index (χ0n) is 10.2. The van der Waals surface area contributed by atoms with E-state index in [1.807, 2.05) is 42.5 Å². The second-order valence-electron chi connectivity index (χ2n) is 4.24. The summed E-state index contributed by atoms with van der Waals surface area (Å²) >= 11 is 0. The molecule has 0 fully saturated rings. The van der Waals surface area contributed by atoms with Gasteiger partial charge in [-0.15, -0.1) is 0 Å². The lowest BCUT2D eigenvalue weighted by Gasteiger charge is -2.04. The number of aliphatic hydroxyl groups excluding tert-OH is 1. The molecule has 0 saturated heterocycles. The third kappa shape index (κ3) is 2.39. The van der Waals surface area contributed by atoms with Crippen molar-refractivity contribution < 1.29 is 5.11 Å². The standard InChI is InChI=1S/C15H13N3O/c19-10-14-9-13(5-7-16-14)11-1-3-12(4-2-11)15-6-8-17-18-15/h1-9,19H,10H2,(H,17,18). The average molecular weight is 251 g/mol. The number of benzene rings is 1. The van der Waals surface area contributed by atoms with Crippen molar-refractivity contribution in [1.82, 2.24) is 15.2 Å². The summed E-state index contributed by atoms with van der Waals surface area (Å²) in [5.41, 5.74) is 4.92. The summed E-state index contributed by atoms with van der Waals surface area (Å²) in [6, 6.07) is 13.9. The van der Waals surface area contributed by atoms with Crippen LogP contribution in [0.4, 0.5) is 0 Å². The largest absolute Gasteiger partial charge is 0.390 e. The molecule has 2 N–H and O–H groups in total. The first-order valence-electron chi connectivity index (χ1n) is 6.03. The van der Waals surface area contributed by atoms with Gasteiger partial charge in [-0.3, -0.25) is 10.1 Å². The zero-order chi connectivity index (χ0) is 13.1. The molecule has 2 aromatic heterocycles. The van der Waals surface area contributed by atoms with E-state index in [2.05, 4.69) is 15.2 Å². The number of aromatic nitrogens is 3. The molecule has 0 aliphatic heterocycles. The molecule has 0 aliphatic carbocycles. The molecule has 3 rings (SSSR count). The summed E-state index contributed by atoms with van der Waals surface area (Å²) in [6.45, 7) is -0.0416. The number of pyridine rings is 1. The molecule has 1 aromatic carbocycles. The molecule has 2 heterocycles. The van der Waals surface area contributed by atoms with E-state index in [9.17, 15) is 0 Å². The third-order valence-electron chi connectivity index (χ3n) is 3.01. The van der Waals surface area contributed by atoms with E-state index in [-0.39, 0.29) is 6.61 Å². The monoisotopic (exact) mass is 251 g/mol. The Morgan fingerprint density at radius 3 is 2.37 bits per heavy atom. The second-order valence-corrected chi connectivity index (χ2v) is 4.24. The topological polar surface area (TPSA) is 61.8 Å². The van der Waals surface area contributed by atoms with Crippen molar-refractivity contribution in [3.63, 3.8) is 0 Å². The lowest BCUT2D eigenvalue weighted by Crippen LogP contribution is -1.89. The molecular weight excluding hydrogens is 238 g/mol. The van der Waals surface area contributed by atoms with Crippen molar-refractivity contribution in [2.24, 2.45) is 0 Å². The van der Waals surface area contributed by atoms with Crippen LogP contribution in [0.15, 0.2) is 54.9 Å². The van der Waals surface area contributed by atoms with E-state index in [1.165, 1.54) is 0 Å². The maximum atomic E-state index is 9.10. The van der Waals surface area contributed by atoms with Crippen LogP contribution >= 0.6 is 0 Å². The van der Waals surface area contributed by atoms with Crippen LogP contribution in [0.5, 0.6) is 0 Å². The maximum absolute atomic E-state index is 9.10. The first kappa shape index (κ1) is 11.6. The summed E-state index contributed by atoms with van der Waals surface area (Å²) in [7, 11) is 0. The Bertz CT molecular complexity index is 660. The fraction of sp³-hybridized carbons (Fsp3) is 0.0667. The van der Waals surface area contributed by atoms with E-state index < -0.39 is 0 Å². The van der Waals surface area contributed by atoms with Crippen molar-refractivity contribution in [3.8, 4) is 22.4 Å². The Labute approximate surface area is 110 Å². The number of hydrogen-bond acceptors (Lipinski definition) is 3. The predicted octanol–water partition coefficient (Wildman–Crippen LogP) is 2.63. The van der Waals surface area contributed by atoms with Gasteiger partial charge in [0.05, 0.1) is 18.0 Å². The maximum Gasteiger partial charge on any atom is 0.0853 e. The summed E-state index contributed by atoms with van der Waals surface area (Å²) < 4.78 is 0. The van der Waals surface area contributed by atoms with Crippen LogP contribution in [-0.2, 0) is 6.61 Å². The van der Waals surface area contributed by atoms with Gasteiger partial charge in [0, 0.05) is 12.4 Å². The number of aliphatic hydroxyl groups is 1. The van der Waals surface area contributed by atoms with Crippen LogP contribution in [0.25, 0.3) is 22.4 Å². The quantitative estimate of drug-likeness (QED) is 0.752. The first-order valence-corrected chi connectivity index (χ1v) is 6.03. The number of nitrogens with one attached hydrogen (secondary N) is 1. The molecule has 3 aromatic rings. The molecule has 19 heavy (non-hydrogen) atoms. The number of nitrogens with zero attached hydrogens (tertiary/aromatic N) is 2. The molecule has 4 heteroatoms. The van der Waals surface area contributed by atoms with Gasteiger partial charge in [0.15, 0.2) is 0 Å². The van der Waals surface area contributed by atoms with Crippen LogP contribution in [0.3, 0.4) is 0 Å². The van der Waals surface area contributed by atoms with E-state index in [4.69, 9.17) is 5.11 Å². The van der Waals surface area contributed by atoms with Gasteiger partial charge in [0.1, 0.15) is 0 Å². The summed E-state index contributed by atoms with van der Waals surface area (Å²) in [5, 5.41) is 16.0. The summed E-state index contributed by atoms with van der Waals surface area (Å²) in [6.07, 6.45) is 3.45. The van der Waals surface area contributed by atoms with Gasteiger partial charge < -0.3 is 5.11 Å². The van der Waals surface area contributed by atoms with Gasteiger partial charge in [-0.1, -0.05) is 24.3 Å². The van der Waals surface area contributed by atoms with Crippen molar-refractivity contribution in [1.29, 1.82) is 0 Å². The zero-order valence-corrected chi connectivity index (χ0v) is 10.2. The van der Waals surface area contributed by atoms with E-state index in [1.54, 1.807) is 12.4 Å². The minimum absolute atomic E-state index is 0.0416. The minimum Gasteiger partial charge on any atom is -0.390 e. The van der Waals surface area contributed by atoms with E-state index >= 15 is 0 Å². The van der Waals surface area contributed by atoms with Crippen molar-refractivity contribution >= 4 is 0 Å². The van der Waals surface area contributed by atoms with Crippen LogP contribution in [0.2, 0.25) is 0 Å². The third-order valence-corrected chi connectivity index (χ3v) is 3.01. The highest BCUT2D eigenvalue weighted by atomic mass is 16.3. The molecule has 0 unspecified atom stereocenters. The number of H-pyrrole nitrogens is 1. The van der Waals surface area contributed by atoms with Gasteiger partial charge in [-0.25, -0.2) is 0 Å². The Balaban J connectivity index is 1.94. The molecule has 0 saturated carbocycles. The van der Waals surface area contributed by atoms with Crippen molar-refractivity contribution in [2.75, 3.05) is 0 Å². The molecule has 94 valence electrons. The summed E-state index contributed by atoms with van der Waals surface area (Å²) in [4.78, 5) is 4.08. The fourth-order valence-electron chi connectivity index (χ4n) is 2.00. The normalized spacial score (nSPS) is 10.6. The van der Waals surface area contributed by atoms with Gasteiger partial charge >= 0.3 is 0 Å². The Hall–Kier alpha value is -2.46. The fourth-order valence-corrected chi connectivity index (χ4v) is 2.00. The van der Waals surface area contributed by atoms with Crippen molar-refractivity contribution in [2.45, 2.75) is 6.61 Å². The van der Waals surface area contributed by atoms with Crippen LogP contribution in [0, 0.1) is 0 Å². The predicted molar refractivity (Wildman–Crippen MR) is 73.2 cm³/mol. The number of aromatic amines is 1. The molecule has 0 amide bonds. The molecule has 0 radical (unpaired) electrons. The highest BCUT2D eigenvalue weighted by Gasteiger charge is 2.02. The van der Waals surface area contributed by atoms with Gasteiger partial charge in [-0.05, 0) is 34.9 Å². The van der Waals surface area contributed by atoms with Gasteiger partial charge in [0.25, 0.3) is 0 Å². The van der Waals surface area contributed by atoms with Crippen LogP contribution in [0.1, 0.15) is 5.69 Å². The molecule has 4 nitrogen and oxygen atoms in total. The number of rotatable bonds is 3. The molecule has 0 spiro atoms. The highest BCUT2D eigenvalue weighted by Crippen LogP contribution is 2.23. The Morgan fingerprint density at radius 1 is 0.895 bits per heavy atom. The smallest absolute Gasteiger partial charge is 0.0853 e. The lowest BCUT2D eigenvalue weighted by molar-refractivity contribution is 0.277. The first-order chi connectivity index (χ1) is 9.36. The molecule has 0 aliphatic rings. The average Bonchev–Trinajstić information content (AvgIpc) is 3.02. The second kappa shape index (κ2) is 5.04. The van der Waals surface area contributed by atoms with Crippen LogP contribution < -0.4 is 0 Å². The lowest BCUT2D eigenvalue weighted by atomic mass is 10.0. The molecule has 0 bridgehead atoms. The molecular formula is C15H13N3O. The van der Waals surface area contributed by atoms with Gasteiger partial charge in [-0.2, -0.15) is 5.10 Å². The molecule has 0 atom stereocenters. The Kier molecular flexibility index (Phi) is 3.08. The van der Waals surface area contributed by atoms with Gasteiger partial charge in [0.2, 0.25) is 0 Å². The Morgan fingerprint density at radius 2 is 1.68 bits per heavy atom. The minimum atomic E-state index is -0.0416. The van der Waals surface area contributed by atoms with Crippen molar-refractivity contribution in [3.05, 3.63) is 60.6 Å². The highest BCUT2D eigenvalue weighted by molar-refractivity contribution is 5.68. The summed E-state index contributed by atoms with van der Waals surface area (Å²) in [5.74, 6) is 0. The SMILES string of the molecule is OCc1cc(-c2ccc(-c3ccn[nH]3)cc2)ccn1.